The minimum absolute atomic E-state index is 0.0283. The molecule has 0 saturated heterocycles. The zero-order valence-corrected chi connectivity index (χ0v) is 18.5. The third kappa shape index (κ3) is 3.82. The molecule has 0 bridgehead atoms. The molecule has 2 N–H and O–H groups in total. The Morgan fingerprint density at radius 2 is 1.97 bits per heavy atom. The second-order valence-corrected chi connectivity index (χ2v) is 9.16. The number of rotatable bonds is 4. The fourth-order valence-electron chi connectivity index (χ4n) is 5.03. The van der Waals surface area contributed by atoms with Crippen molar-refractivity contribution in [3.63, 3.8) is 0 Å². The first-order chi connectivity index (χ1) is 13.7. The monoisotopic (exact) mass is 397 g/mol. The van der Waals surface area contributed by atoms with Crippen LogP contribution >= 0.6 is 0 Å². The number of phenolic OH excluding ortho intramolecular Hbond substituents is 2. The highest BCUT2D eigenvalue weighted by atomic mass is 16.3. The Labute approximate surface area is 174 Å². The summed E-state index contributed by atoms with van der Waals surface area (Å²) in [6, 6.07) is 1.71. The number of hydrogen-bond donors (Lipinski definition) is 2. The van der Waals surface area contributed by atoms with Crippen molar-refractivity contribution in [2.45, 2.75) is 72.1 Å². The minimum Gasteiger partial charge on any atom is -0.507 e. The molecule has 29 heavy (non-hydrogen) atoms. The molecule has 1 aromatic carbocycles. The normalized spacial score (nSPS) is 24.3. The van der Waals surface area contributed by atoms with Gasteiger partial charge in [-0.3, -0.25) is 4.79 Å². The summed E-state index contributed by atoms with van der Waals surface area (Å²) in [4.78, 5) is 14.5. The highest BCUT2D eigenvalue weighted by Crippen LogP contribution is 2.53. The largest absolute Gasteiger partial charge is 0.507 e. The van der Waals surface area contributed by atoms with E-state index < -0.39 is 0 Å². The van der Waals surface area contributed by atoms with E-state index in [0.29, 0.717) is 17.8 Å². The zero-order valence-electron chi connectivity index (χ0n) is 18.5. The molecule has 0 saturated carbocycles. The van der Waals surface area contributed by atoms with E-state index in [-0.39, 0.29) is 41.1 Å². The van der Waals surface area contributed by atoms with Gasteiger partial charge in [-0.05, 0) is 51.4 Å². The minimum atomic E-state index is -0.137. The van der Waals surface area contributed by atoms with Crippen LogP contribution in [0.15, 0.2) is 29.9 Å². The smallest absolute Gasteiger partial charge is 0.229 e. The number of hydrogen-bond acceptors (Lipinski definition) is 3. The molecule has 1 aromatic rings. The number of aromatic hydroxyl groups is 2. The van der Waals surface area contributed by atoms with Gasteiger partial charge in [0.1, 0.15) is 11.5 Å². The van der Waals surface area contributed by atoms with Crippen molar-refractivity contribution in [3.05, 3.63) is 41.0 Å². The summed E-state index contributed by atoms with van der Waals surface area (Å²) in [7, 11) is 0. The Bertz CT molecular complexity index is 852. The third-order valence-corrected chi connectivity index (χ3v) is 6.70. The van der Waals surface area contributed by atoms with Gasteiger partial charge in [0.15, 0.2) is 0 Å². The van der Waals surface area contributed by atoms with Crippen molar-refractivity contribution in [2.24, 2.45) is 11.8 Å². The Kier molecular flexibility index (Phi) is 6.11. The Morgan fingerprint density at radius 1 is 1.28 bits per heavy atom. The van der Waals surface area contributed by atoms with E-state index in [1.54, 1.807) is 11.0 Å². The van der Waals surface area contributed by atoms with Gasteiger partial charge in [0.2, 0.25) is 5.91 Å². The number of carbonyl (C=O) groups excluding carboxylic acids is 1. The average molecular weight is 398 g/mol. The first kappa shape index (κ1) is 21.5. The number of fused-ring (bicyclic) bond motifs is 1. The predicted octanol–water partition coefficient (Wildman–Crippen LogP) is 6.00. The maximum Gasteiger partial charge on any atom is 0.229 e. The summed E-state index contributed by atoms with van der Waals surface area (Å²) >= 11 is 0. The molecule has 0 unspecified atom stereocenters. The lowest BCUT2D eigenvalue weighted by atomic mass is 9.72. The molecule has 0 aromatic heterocycles. The Morgan fingerprint density at radius 3 is 2.55 bits per heavy atom. The first-order valence-electron chi connectivity index (χ1n) is 10.9. The fourth-order valence-corrected chi connectivity index (χ4v) is 5.03. The van der Waals surface area contributed by atoms with Crippen LogP contribution in [0.4, 0.5) is 5.69 Å². The van der Waals surface area contributed by atoms with Crippen LogP contribution in [0.1, 0.15) is 83.3 Å². The van der Waals surface area contributed by atoms with Crippen LogP contribution in [0, 0.1) is 11.8 Å². The fraction of sp³-hybridized carbons (Fsp3) is 0.560. The number of carbonyl (C=O) groups is 1. The second kappa shape index (κ2) is 8.25. The van der Waals surface area contributed by atoms with E-state index in [1.165, 1.54) is 5.57 Å². The lowest BCUT2D eigenvalue weighted by Crippen LogP contribution is -2.39. The van der Waals surface area contributed by atoms with Crippen molar-refractivity contribution in [2.75, 3.05) is 11.4 Å². The van der Waals surface area contributed by atoms with E-state index in [4.69, 9.17) is 0 Å². The molecule has 3 atom stereocenters. The molecule has 3 rings (SSSR count). The van der Waals surface area contributed by atoms with Crippen LogP contribution in [0.3, 0.4) is 0 Å². The quantitative estimate of drug-likeness (QED) is 0.613. The lowest BCUT2D eigenvalue weighted by molar-refractivity contribution is -0.121. The number of allylic oxidation sites excluding steroid dienone is 3. The number of benzene rings is 1. The molecule has 1 aliphatic heterocycles. The molecule has 1 amide bonds. The van der Waals surface area contributed by atoms with E-state index >= 15 is 0 Å². The predicted molar refractivity (Wildman–Crippen MR) is 119 cm³/mol. The van der Waals surface area contributed by atoms with Gasteiger partial charge in [-0.15, -0.1) is 0 Å². The summed E-state index contributed by atoms with van der Waals surface area (Å²) in [5, 5.41) is 22.5. The second-order valence-electron chi connectivity index (χ2n) is 9.16. The van der Waals surface area contributed by atoms with Gasteiger partial charge in [0.05, 0.1) is 5.69 Å². The lowest BCUT2D eigenvalue weighted by Gasteiger charge is -2.38. The summed E-state index contributed by atoms with van der Waals surface area (Å²) in [5.41, 5.74) is 4.42. The van der Waals surface area contributed by atoms with Crippen LogP contribution < -0.4 is 4.90 Å². The van der Waals surface area contributed by atoms with E-state index in [2.05, 4.69) is 26.5 Å². The van der Waals surface area contributed by atoms with Crippen LogP contribution in [0.5, 0.6) is 11.5 Å². The van der Waals surface area contributed by atoms with Gasteiger partial charge in [0, 0.05) is 35.6 Å². The average Bonchev–Trinajstić information content (AvgIpc) is 2.66. The summed E-state index contributed by atoms with van der Waals surface area (Å²) in [6.45, 7) is 14.8. The number of anilines is 1. The Hall–Kier alpha value is -2.23. The summed E-state index contributed by atoms with van der Waals surface area (Å²) in [6.07, 6.45) is 5.86. The van der Waals surface area contributed by atoms with Gasteiger partial charge >= 0.3 is 0 Å². The van der Waals surface area contributed by atoms with Crippen molar-refractivity contribution in [3.8, 4) is 11.5 Å². The highest BCUT2D eigenvalue weighted by Gasteiger charge is 2.37. The van der Waals surface area contributed by atoms with E-state index in [0.717, 1.165) is 36.8 Å². The number of nitrogens with zero attached hydrogens (tertiary/aromatic N) is 1. The molecule has 158 valence electrons. The molecule has 4 heteroatoms. The zero-order chi connectivity index (χ0) is 21.5. The number of amides is 1. The molecule has 1 heterocycles. The summed E-state index contributed by atoms with van der Waals surface area (Å²) < 4.78 is 0. The van der Waals surface area contributed by atoms with E-state index in [1.807, 2.05) is 20.8 Å². The molecular formula is C25H35NO3. The topological polar surface area (TPSA) is 60.8 Å². The van der Waals surface area contributed by atoms with Gasteiger partial charge in [-0.1, -0.05) is 44.6 Å². The van der Waals surface area contributed by atoms with E-state index in [9.17, 15) is 15.0 Å². The van der Waals surface area contributed by atoms with Crippen molar-refractivity contribution >= 4 is 11.6 Å². The molecule has 1 aliphatic carbocycles. The summed E-state index contributed by atoms with van der Waals surface area (Å²) in [5.74, 6) is 0.391. The first-order valence-corrected chi connectivity index (χ1v) is 10.9. The van der Waals surface area contributed by atoms with Crippen LogP contribution in [-0.2, 0) is 4.79 Å². The van der Waals surface area contributed by atoms with Crippen LogP contribution in [0.25, 0.3) is 0 Å². The van der Waals surface area contributed by atoms with Crippen molar-refractivity contribution < 1.29 is 15.0 Å². The standard InChI is InChI=1S/C25H35NO3/c1-7-17-10-11-26(25(29)15(4)5)20-13-21(27)23(24(28)22(17)20)19-12-16(6)8-9-18(19)14(2)3/h12-13,15,17-19,27-28H,2,7-11H2,1,3-6H3/t17-,18+,19-/m1/s1. The third-order valence-electron chi connectivity index (χ3n) is 6.70. The SMILES string of the molecule is C=C(C)[C@@H]1CCC(C)=C[C@H]1c1c(O)cc2c(c1O)[C@H](CC)CCN2C(=O)C(C)C. The Balaban J connectivity index is 2.21. The van der Waals surface area contributed by atoms with Gasteiger partial charge in [-0.25, -0.2) is 0 Å². The molecule has 0 radical (unpaired) electrons. The molecule has 4 nitrogen and oxygen atoms in total. The van der Waals surface area contributed by atoms with Gasteiger partial charge in [0.25, 0.3) is 0 Å². The molecule has 0 spiro atoms. The maximum atomic E-state index is 12.8. The van der Waals surface area contributed by atoms with Crippen LogP contribution in [-0.4, -0.2) is 22.7 Å². The molecule has 2 aliphatic rings. The molecule has 0 fully saturated rings. The van der Waals surface area contributed by atoms with Gasteiger partial charge in [-0.2, -0.15) is 0 Å². The van der Waals surface area contributed by atoms with Crippen molar-refractivity contribution in [1.82, 2.24) is 0 Å². The number of phenols is 2. The van der Waals surface area contributed by atoms with Gasteiger partial charge < -0.3 is 15.1 Å². The highest BCUT2D eigenvalue weighted by molar-refractivity contribution is 5.97. The maximum absolute atomic E-state index is 12.8. The molecular weight excluding hydrogens is 362 g/mol. The van der Waals surface area contributed by atoms with Crippen LogP contribution in [0.2, 0.25) is 0 Å². The van der Waals surface area contributed by atoms with Crippen molar-refractivity contribution in [1.29, 1.82) is 0 Å².